The van der Waals surface area contributed by atoms with E-state index in [1.165, 1.54) is 5.57 Å². The summed E-state index contributed by atoms with van der Waals surface area (Å²) in [4.78, 5) is 12.5. The highest BCUT2D eigenvalue weighted by molar-refractivity contribution is 5.83. The van der Waals surface area contributed by atoms with Crippen LogP contribution in [0.4, 0.5) is 0 Å². The molecule has 0 saturated heterocycles. The predicted molar refractivity (Wildman–Crippen MR) is 102 cm³/mol. The van der Waals surface area contributed by atoms with Gasteiger partial charge in [-0.25, -0.2) is 0 Å². The Hall–Kier alpha value is -0.930. The van der Waals surface area contributed by atoms with E-state index < -0.39 is 0 Å². The van der Waals surface area contributed by atoms with E-state index in [4.69, 9.17) is 0 Å². The lowest BCUT2D eigenvalue weighted by Gasteiger charge is -2.55. The summed E-state index contributed by atoms with van der Waals surface area (Å²) in [6.07, 6.45) is 9.36. The van der Waals surface area contributed by atoms with Crippen LogP contribution >= 0.6 is 0 Å². The number of aliphatic hydroxyl groups excluding tert-OH is 2. The van der Waals surface area contributed by atoms with Crippen molar-refractivity contribution < 1.29 is 15.0 Å². The first-order valence-electron chi connectivity index (χ1n) is 10.5. The number of hydrogen-bond acceptors (Lipinski definition) is 3. The molecule has 144 valence electrons. The molecule has 0 aromatic rings. The molecule has 0 aromatic heterocycles. The molecule has 4 aliphatic carbocycles. The average molecular weight is 359 g/mol. The normalized spacial score (nSPS) is 50.2. The maximum Gasteiger partial charge on any atom is 0.162 e. The highest BCUT2D eigenvalue weighted by Gasteiger charge is 2.60. The number of allylic oxidation sites excluding steroid dienone is 3. The van der Waals surface area contributed by atoms with Crippen molar-refractivity contribution in [2.75, 3.05) is 6.61 Å². The summed E-state index contributed by atoms with van der Waals surface area (Å²) in [6, 6.07) is 0. The van der Waals surface area contributed by atoms with E-state index in [1.807, 2.05) is 0 Å². The zero-order chi connectivity index (χ0) is 18.9. The Labute approximate surface area is 157 Å². The zero-order valence-electron chi connectivity index (χ0n) is 16.7. The zero-order valence-corrected chi connectivity index (χ0v) is 16.7. The van der Waals surface area contributed by atoms with Crippen LogP contribution in [0.15, 0.2) is 23.3 Å². The summed E-state index contributed by atoms with van der Waals surface area (Å²) < 4.78 is 0. The minimum absolute atomic E-state index is 0.0106. The minimum Gasteiger partial charge on any atom is -0.389 e. The summed E-state index contributed by atoms with van der Waals surface area (Å²) in [5.41, 5.74) is 3.10. The van der Waals surface area contributed by atoms with Gasteiger partial charge in [0.15, 0.2) is 5.78 Å². The number of hydrogen-bond donors (Lipinski definition) is 2. The molecule has 0 bridgehead atoms. The number of carbonyl (C=O) groups excluding carboxylic acids is 1. The van der Waals surface area contributed by atoms with E-state index in [9.17, 15) is 15.0 Å². The van der Waals surface area contributed by atoms with Crippen LogP contribution in [0.3, 0.4) is 0 Å². The highest BCUT2D eigenvalue weighted by Crippen LogP contribution is 2.66. The van der Waals surface area contributed by atoms with Gasteiger partial charge in [-0.2, -0.15) is 0 Å². The van der Waals surface area contributed by atoms with E-state index in [1.54, 1.807) is 5.57 Å². The monoisotopic (exact) mass is 358 g/mol. The fraction of sp³-hybridized carbons (Fsp3) is 0.783. The fourth-order valence-corrected chi connectivity index (χ4v) is 7.58. The number of ketones is 1. The van der Waals surface area contributed by atoms with Gasteiger partial charge in [-0.15, -0.1) is 0 Å². The minimum atomic E-state index is -0.322. The van der Waals surface area contributed by atoms with Crippen LogP contribution < -0.4 is 0 Å². The smallest absolute Gasteiger partial charge is 0.162 e. The van der Waals surface area contributed by atoms with Crippen LogP contribution in [0.25, 0.3) is 0 Å². The first-order valence-corrected chi connectivity index (χ1v) is 10.5. The number of Topliss-reactive ketones (excluding diaryl/α,β-unsaturated/α-hetero) is 1. The second-order valence-corrected chi connectivity index (χ2v) is 10.1. The van der Waals surface area contributed by atoms with E-state index in [0.717, 1.165) is 32.1 Å². The predicted octanol–water partition coefficient (Wildman–Crippen LogP) is 3.90. The Morgan fingerprint density at radius 1 is 1.23 bits per heavy atom. The van der Waals surface area contributed by atoms with Crippen LogP contribution in [0.1, 0.15) is 59.8 Å². The van der Waals surface area contributed by atoms with Crippen molar-refractivity contribution >= 4 is 5.78 Å². The van der Waals surface area contributed by atoms with Gasteiger partial charge in [0, 0.05) is 11.3 Å². The van der Waals surface area contributed by atoms with E-state index in [0.29, 0.717) is 23.7 Å². The molecule has 4 rings (SSSR count). The molecule has 0 amide bonds. The Bertz CT molecular complexity index is 677. The molecule has 0 heterocycles. The maximum atomic E-state index is 12.5. The third-order valence-corrected chi connectivity index (χ3v) is 8.63. The molecule has 3 nitrogen and oxygen atoms in total. The van der Waals surface area contributed by atoms with Crippen molar-refractivity contribution in [3.63, 3.8) is 0 Å². The molecule has 0 spiro atoms. The van der Waals surface area contributed by atoms with Crippen LogP contribution in [-0.2, 0) is 4.79 Å². The number of fused-ring (bicyclic) bond motifs is 5. The molecular weight excluding hydrogens is 324 g/mol. The fourth-order valence-electron chi connectivity index (χ4n) is 7.58. The summed E-state index contributed by atoms with van der Waals surface area (Å²) in [6.45, 7) is 8.89. The molecule has 4 aliphatic rings. The molecule has 0 aromatic carbocycles. The number of aliphatic hydroxyl groups is 2. The summed E-state index contributed by atoms with van der Waals surface area (Å²) in [5.74, 6) is 1.94. The lowest BCUT2D eigenvalue weighted by molar-refractivity contribution is -0.131. The van der Waals surface area contributed by atoms with Crippen molar-refractivity contribution in [2.24, 2.45) is 40.4 Å². The van der Waals surface area contributed by atoms with Gasteiger partial charge < -0.3 is 10.2 Å². The van der Waals surface area contributed by atoms with Gasteiger partial charge in [-0.1, -0.05) is 51.0 Å². The lowest BCUT2D eigenvalue weighted by atomic mass is 9.49. The maximum absolute atomic E-state index is 12.5. The molecule has 0 aliphatic heterocycles. The lowest BCUT2D eigenvalue weighted by Crippen LogP contribution is -2.48. The van der Waals surface area contributed by atoms with Crippen LogP contribution in [0.5, 0.6) is 0 Å². The van der Waals surface area contributed by atoms with Gasteiger partial charge in [-0.05, 0) is 61.2 Å². The number of rotatable bonds is 2. The standard InChI is InChI=1S/C23H34O3/c1-13-9-16-17(22(3)7-5-15(25)11-18(13)22)6-8-23(4)19(16)10-14(2)21(23)20(26)12-24/h6,11,13-16,19,21,24-25H,5,7-10,12H2,1-4H3/t13-,14+,15?,16?,19?,21+,22+,23-/m0/s1. The second kappa shape index (κ2) is 6.04. The van der Waals surface area contributed by atoms with Gasteiger partial charge in [0.1, 0.15) is 6.61 Å². The Morgan fingerprint density at radius 3 is 2.65 bits per heavy atom. The summed E-state index contributed by atoms with van der Waals surface area (Å²) >= 11 is 0. The SMILES string of the molecule is C[C@@H]1CC2C3C[C@H](C)C4=CC(O)CC[C@]4(C)C3=CC[C@]2(C)[C@H]1C(=O)CO. The summed E-state index contributed by atoms with van der Waals surface area (Å²) in [5, 5.41) is 19.7. The summed E-state index contributed by atoms with van der Waals surface area (Å²) in [7, 11) is 0. The molecule has 2 N–H and O–H groups in total. The van der Waals surface area contributed by atoms with Crippen LogP contribution in [0, 0.1) is 40.4 Å². The highest BCUT2D eigenvalue weighted by atomic mass is 16.3. The molecule has 3 unspecified atom stereocenters. The van der Waals surface area contributed by atoms with Crippen LogP contribution in [-0.4, -0.2) is 28.7 Å². The average Bonchev–Trinajstić information content (AvgIpc) is 2.86. The van der Waals surface area contributed by atoms with Crippen LogP contribution in [0.2, 0.25) is 0 Å². The van der Waals surface area contributed by atoms with Gasteiger partial charge >= 0.3 is 0 Å². The van der Waals surface area contributed by atoms with Crippen molar-refractivity contribution in [3.05, 3.63) is 23.3 Å². The van der Waals surface area contributed by atoms with Crippen molar-refractivity contribution in [1.82, 2.24) is 0 Å². The molecule has 0 radical (unpaired) electrons. The van der Waals surface area contributed by atoms with Crippen molar-refractivity contribution in [1.29, 1.82) is 0 Å². The third kappa shape index (κ3) is 2.36. The first-order chi connectivity index (χ1) is 12.2. The second-order valence-electron chi connectivity index (χ2n) is 10.1. The Kier molecular flexibility index (Phi) is 4.28. The van der Waals surface area contributed by atoms with Gasteiger partial charge in [-0.3, -0.25) is 4.79 Å². The quantitative estimate of drug-likeness (QED) is 0.736. The molecule has 2 saturated carbocycles. The molecule has 3 heteroatoms. The largest absolute Gasteiger partial charge is 0.389 e. The van der Waals surface area contributed by atoms with Crippen molar-refractivity contribution in [2.45, 2.75) is 65.9 Å². The molecule has 8 atom stereocenters. The first kappa shape index (κ1) is 18.4. The number of carbonyl (C=O) groups is 1. The third-order valence-electron chi connectivity index (χ3n) is 8.63. The molecular formula is C23H34O3. The molecule has 2 fully saturated rings. The Balaban J connectivity index is 1.76. The van der Waals surface area contributed by atoms with Gasteiger partial charge in [0.05, 0.1) is 6.10 Å². The van der Waals surface area contributed by atoms with E-state index >= 15 is 0 Å². The van der Waals surface area contributed by atoms with E-state index in [-0.39, 0.29) is 35.2 Å². The van der Waals surface area contributed by atoms with Gasteiger partial charge in [0.2, 0.25) is 0 Å². The van der Waals surface area contributed by atoms with Crippen molar-refractivity contribution in [3.8, 4) is 0 Å². The van der Waals surface area contributed by atoms with Gasteiger partial charge in [0.25, 0.3) is 0 Å². The Morgan fingerprint density at radius 2 is 1.96 bits per heavy atom. The van der Waals surface area contributed by atoms with E-state index in [2.05, 4.69) is 39.8 Å². The molecule has 26 heavy (non-hydrogen) atoms. The topological polar surface area (TPSA) is 57.5 Å².